The average Bonchev–Trinajstić information content (AvgIpc) is 3.63. The van der Waals surface area contributed by atoms with Gasteiger partial charge in [-0.05, 0) is 64.6 Å². The highest BCUT2D eigenvalue weighted by Gasteiger charge is 2.39. The molecule has 0 saturated carbocycles. The van der Waals surface area contributed by atoms with Gasteiger partial charge in [-0.25, -0.2) is 14.8 Å². The summed E-state index contributed by atoms with van der Waals surface area (Å²) in [5.74, 6) is 1.56. The molecule has 6 heterocycles. The molecule has 0 radical (unpaired) electrons. The Balaban J connectivity index is 1.21. The largest absolute Gasteiger partial charge is 0.444 e. The highest BCUT2D eigenvalue weighted by atomic mass is 32.1. The molecular formula is C31H37N7O4S. The Kier molecular flexibility index (Phi) is 6.81. The molecule has 3 aliphatic rings. The lowest BCUT2D eigenvalue weighted by molar-refractivity contribution is 0.0199. The predicted molar refractivity (Wildman–Crippen MR) is 167 cm³/mol. The summed E-state index contributed by atoms with van der Waals surface area (Å²) >= 11 is 1.41. The summed E-state index contributed by atoms with van der Waals surface area (Å²) in [5.41, 5.74) is 0.663. The second-order valence-corrected chi connectivity index (χ2v) is 14.2. The average molecular weight is 604 g/mol. The van der Waals surface area contributed by atoms with E-state index in [2.05, 4.69) is 27.1 Å². The van der Waals surface area contributed by atoms with E-state index in [-0.39, 0.29) is 23.2 Å². The lowest BCUT2D eigenvalue weighted by atomic mass is 10.0. The number of carbonyl (C=O) groups is 2. The number of nitrogens with zero attached hydrogens (tertiary/aromatic N) is 6. The van der Waals surface area contributed by atoms with Crippen molar-refractivity contribution in [2.75, 3.05) is 51.2 Å². The molecule has 0 aliphatic carbocycles. The second-order valence-electron chi connectivity index (χ2n) is 13.2. The first-order valence-corrected chi connectivity index (χ1v) is 15.8. The summed E-state index contributed by atoms with van der Waals surface area (Å²) in [7, 11) is 2.17. The van der Waals surface area contributed by atoms with Crippen LogP contribution in [-0.2, 0) is 4.74 Å². The minimum atomic E-state index is -0.565. The molecule has 3 fully saturated rings. The first-order chi connectivity index (χ1) is 20.6. The quantitative estimate of drug-likeness (QED) is 0.378. The van der Waals surface area contributed by atoms with Gasteiger partial charge in [0, 0.05) is 45.3 Å². The standard InChI is InChI=1S/C31H37N7O4S/c1-31(2,3)42-30(41)36-11-9-20(10-12-36)33-28(40)24-26(39)25-27(38-21-7-5-6-8-22(21)43-29(24)38)34-23(13-32-25)37-16-18-14-35(4)15-19(18)17-37/h5-8,13,18-20H,9-12,14-17H2,1-4H3,(H,33,40). The van der Waals surface area contributed by atoms with E-state index in [9.17, 15) is 14.4 Å². The van der Waals surface area contributed by atoms with Crippen molar-refractivity contribution in [1.82, 2.24) is 29.5 Å². The molecule has 3 saturated heterocycles. The van der Waals surface area contributed by atoms with Crippen molar-refractivity contribution in [3.63, 3.8) is 0 Å². The van der Waals surface area contributed by atoms with Gasteiger partial charge in [-0.1, -0.05) is 12.1 Å². The van der Waals surface area contributed by atoms with E-state index in [1.807, 2.05) is 49.4 Å². The molecule has 1 aromatic carbocycles. The van der Waals surface area contributed by atoms with Gasteiger partial charge in [0.05, 0.1) is 16.4 Å². The number of thiazole rings is 1. The number of ether oxygens (including phenoxy) is 1. The van der Waals surface area contributed by atoms with Gasteiger partial charge in [-0.3, -0.25) is 14.0 Å². The monoisotopic (exact) mass is 603 g/mol. The number of carbonyl (C=O) groups excluding carboxylic acids is 2. The van der Waals surface area contributed by atoms with Crippen LogP contribution in [0.1, 0.15) is 44.0 Å². The predicted octanol–water partition coefficient (Wildman–Crippen LogP) is 3.58. The van der Waals surface area contributed by atoms with Crippen LogP contribution in [0.4, 0.5) is 10.6 Å². The fraction of sp³-hybridized carbons (Fsp3) is 0.516. The minimum absolute atomic E-state index is 0.0871. The minimum Gasteiger partial charge on any atom is -0.444 e. The van der Waals surface area contributed by atoms with E-state index < -0.39 is 16.9 Å². The summed E-state index contributed by atoms with van der Waals surface area (Å²) in [5, 5.41) is 3.08. The molecule has 11 nitrogen and oxygen atoms in total. The normalized spacial score (nSPS) is 21.7. The lowest BCUT2D eigenvalue weighted by Crippen LogP contribution is -2.48. The fourth-order valence-electron chi connectivity index (χ4n) is 6.82. The third kappa shape index (κ3) is 5.10. The third-order valence-electron chi connectivity index (χ3n) is 8.83. The van der Waals surface area contributed by atoms with Crippen LogP contribution in [0, 0.1) is 11.8 Å². The molecule has 2 unspecified atom stereocenters. The number of aromatic nitrogens is 3. The summed E-state index contributed by atoms with van der Waals surface area (Å²) in [6.45, 7) is 10.5. The van der Waals surface area contributed by atoms with Crippen LogP contribution >= 0.6 is 11.3 Å². The Morgan fingerprint density at radius 3 is 2.44 bits per heavy atom. The van der Waals surface area contributed by atoms with Crippen LogP contribution in [0.25, 0.3) is 26.2 Å². The number of pyridine rings is 1. The van der Waals surface area contributed by atoms with Gasteiger partial charge in [0.25, 0.3) is 5.91 Å². The number of fused-ring (bicyclic) bond motifs is 6. The first-order valence-electron chi connectivity index (χ1n) is 15.0. The highest BCUT2D eigenvalue weighted by molar-refractivity contribution is 7.24. The SMILES string of the molecule is CN1CC2CN(c3cnc4c(=O)c(C(=O)NC5CCN(C(=O)OC(C)(C)C)CC5)c5sc6ccccc6n5c4n3)CC2C1. The summed E-state index contributed by atoms with van der Waals surface area (Å²) in [6.07, 6.45) is 2.49. The van der Waals surface area contributed by atoms with Gasteiger partial charge >= 0.3 is 6.09 Å². The molecular weight excluding hydrogens is 566 g/mol. The Hall–Kier alpha value is -3.77. The Labute approximate surface area is 253 Å². The van der Waals surface area contributed by atoms with Crippen molar-refractivity contribution in [2.45, 2.75) is 45.3 Å². The number of rotatable bonds is 3. The molecule has 7 rings (SSSR count). The van der Waals surface area contributed by atoms with E-state index in [1.165, 1.54) is 11.3 Å². The van der Waals surface area contributed by atoms with Crippen LogP contribution in [0.2, 0.25) is 0 Å². The zero-order valence-corrected chi connectivity index (χ0v) is 25.8. The van der Waals surface area contributed by atoms with Crippen molar-refractivity contribution in [3.05, 3.63) is 46.2 Å². The van der Waals surface area contributed by atoms with Crippen molar-refractivity contribution in [2.24, 2.45) is 11.8 Å². The summed E-state index contributed by atoms with van der Waals surface area (Å²) in [6, 6.07) is 7.71. The number of anilines is 1. The van der Waals surface area contributed by atoms with Gasteiger partial charge < -0.3 is 24.8 Å². The van der Waals surface area contributed by atoms with Crippen molar-refractivity contribution < 1.29 is 14.3 Å². The number of hydrogen-bond acceptors (Lipinski definition) is 9. The molecule has 3 aromatic heterocycles. The molecule has 4 aromatic rings. The number of piperidine rings is 1. The second kappa shape index (κ2) is 10.4. The number of amides is 2. The molecule has 0 bridgehead atoms. The number of benzene rings is 1. The Bertz CT molecular complexity index is 1790. The fourth-order valence-corrected chi connectivity index (χ4v) is 8.00. The van der Waals surface area contributed by atoms with Gasteiger partial charge in [-0.15, -0.1) is 11.3 Å². The van der Waals surface area contributed by atoms with E-state index in [4.69, 9.17) is 9.72 Å². The number of nitrogens with one attached hydrogen (secondary N) is 1. The van der Waals surface area contributed by atoms with Gasteiger partial charge in [-0.2, -0.15) is 0 Å². The van der Waals surface area contributed by atoms with Crippen molar-refractivity contribution >= 4 is 55.4 Å². The number of hydrogen-bond donors (Lipinski definition) is 1. The van der Waals surface area contributed by atoms with E-state index in [0.29, 0.717) is 48.2 Å². The molecule has 43 heavy (non-hydrogen) atoms. The molecule has 12 heteroatoms. The molecule has 2 atom stereocenters. The topological polar surface area (TPSA) is 112 Å². The zero-order valence-electron chi connectivity index (χ0n) is 25.0. The van der Waals surface area contributed by atoms with E-state index in [0.717, 1.165) is 42.2 Å². The van der Waals surface area contributed by atoms with Gasteiger partial charge in [0.2, 0.25) is 5.43 Å². The third-order valence-corrected chi connectivity index (χ3v) is 9.97. The maximum absolute atomic E-state index is 13.9. The van der Waals surface area contributed by atoms with Crippen LogP contribution in [-0.4, -0.2) is 94.1 Å². The van der Waals surface area contributed by atoms with Crippen molar-refractivity contribution in [1.29, 1.82) is 0 Å². The van der Waals surface area contributed by atoms with Gasteiger partial charge in [0.1, 0.15) is 21.8 Å². The smallest absolute Gasteiger partial charge is 0.410 e. The van der Waals surface area contributed by atoms with Crippen LogP contribution in [0.5, 0.6) is 0 Å². The summed E-state index contributed by atoms with van der Waals surface area (Å²) in [4.78, 5) is 56.8. The maximum atomic E-state index is 13.9. The van der Waals surface area contributed by atoms with Crippen LogP contribution < -0.4 is 15.6 Å². The molecule has 1 N–H and O–H groups in total. The number of para-hydroxylation sites is 1. The molecule has 2 amide bonds. The molecule has 226 valence electrons. The van der Waals surface area contributed by atoms with Crippen LogP contribution in [0.3, 0.4) is 0 Å². The summed E-state index contributed by atoms with van der Waals surface area (Å²) < 4.78 is 8.39. The van der Waals surface area contributed by atoms with E-state index in [1.54, 1.807) is 11.1 Å². The zero-order chi connectivity index (χ0) is 30.0. The number of likely N-dealkylation sites (tertiary alicyclic amines) is 2. The Morgan fingerprint density at radius 2 is 1.74 bits per heavy atom. The highest BCUT2D eigenvalue weighted by Crippen LogP contribution is 2.34. The van der Waals surface area contributed by atoms with Crippen LogP contribution in [0.15, 0.2) is 35.3 Å². The van der Waals surface area contributed by atoms with E-state index >= 15 is 0 Å². The first kappa shape index (κ1) is 28.0. The lowest BCUT2D eigenvalue weighted by Gasteiger charge is -2.33. The van der Waals surface area contributed by atoms with Gasteiger partial charge in [0.15, 0.2) is 11.2 Å². The molecule has 0 spiro atoms. The van der Waals surface area contributed by atoms with Crippen molar-refractivity contribution in [3.8, 4) is 0 Å². The molecule has 3 aliphatic heterocycles. The maximum Gasteiger partial charge on any atom is 0.410 e. The Morgan fingerprint density at radius 1 is 1.05 bits per heavy atom.